The van der Waals surface area contributed by atoms with E-state index in [0.29, 0.717) is 10.9 Å². The number of ether oxygens (including phenoxy) is 2. The third-order valence-electron chi connectivity index (χ3n) is 0.839. The maximum atomic E-state index is 4.88. The summed E-state index contributed by atoms with van der Waals surface area (Å²) in [4.78, 5) is 3.75. The number of hydrogen-bond acceptors (Lipinski definition) is 4. The van der Waals surface area contributed by atoms with Crippen LogP contribution in [-0.4, -0.2) is 19.2 Å². The van der Waals surface area contributed by atoms with E-state index in [-0.39, 0.29) is 0 Å². The molecule has 0 aliphatic heterocycles. The van der Waals surface area contributed by atoms with Crippen LogP contribution in [0.5, 0.6) is 10.9 Å². The first kappa shape index (κ1) is 6.35. The Morgan fingerprint density at radius 2 is 2.22 bits per heavy atom. The highest BCUT2D eigenvalue weighted by atomic mass is 32.1. The van der Waals surface area contributed by atoms with Gasteiger partial charge in [-0.2, -0.15) is 4.98 Å². The quantitative estimate of drug-likeness (QED) is 0.619. The number of thiazole rings is 1. The Hall–Kier alpha value is -0.770. The lowest BCUT2D eigenvalue weighted by atomic mass is 10.8. The molecule has 0 N–H and O–H groups in total. The molecule has 0 aliphatic carbocycles. The van der Waals surface area contributed by atoms with E-state index in [2.05, 4.69) is 10.5 Å². The minimum absolute atomic E-state index is 0.502. The van der Waals surface area contributed by atoms with E-state index in [9.17, 15) is 0 Å². The summed E-state index contributed by atoms with van der Waals surface area (Å²) < 4.78 is 9.70. The molecule has 0 amide bonds. The second-order valence-electron chi connectivity index (χ2n) is 1.31. The number of nitrogens with zero attached hydrogens (tertiary/aromatic N) is 1. The number of aromatic nitrogens is 1. The molecule has 1 radical (unpaired) electrons. The van der Waals surface area contributed by atoms with Crippen molar-refractivity contribution in [2.75, 3.05) is 14.2 Å². The van der Waals surface area contributed by atoms with E-state index >= 15 is 0 Å². The van der Waals surface area contributed by atoms with E-state index in [1.165, 1.54) is 11.3 Å². The summed E-state index contributed by atoms with van der Waals surface area (Å²) in [7, 11) is 3.12. The van der Waals surface area contributed by atoms with Gasteiger partial charge in [-0.05, 0) is 0 Å². The topological polar surface area (TPSA) is 31.4 Å². The van der Waals surface area contributed by atoms with Gasteiger partial charge in [0.25, 0.3) is 5.88 Å². The Kier molecular flexibility index (Phi) is 1.89. The SMILES string of the molecule is COc1n[c]sc1OC. The molecule has 0 fully saturated rings. The lowest BCUT2D eigenvalue weighted by molar-refractivity contribution is 0.353. The van der Waals surface area contributed by atoms with Crippen molar-refractivity contribution in [3.05, 3.63) is 5.51 Å². The highest BCUT2D eigenvalue weighted by Gasteiger charge is 2.04. The van der Waals surface area contributed by atoms with Crippen LogP contribution in [0.1, 0.15) is 0 Å². The van der Waals surface area contributed by atoms with Crippen molar-refractivity contribution in [3.63, 3.8) is 0 Å². The number of hydrogen-bond donors (Lipinski definition) is 0. The highest BCUT2D eigenvalue weighted by molar-refractivity contribution is 7.11. The number of methoxy groups -OCH3 is 2. The van der Waals surface area contributed by atoms with Gasteiger partial charge in [-0.1, -0.05) is 11.3 Å². The lowest BCUT2D eigenvalue weighted by Crippen LogP contribution is -1.85. The van der Waals surface area contributed by atoms with E-state index in [1.54, 1.807) is 14.2 Å². The van der Waals surface area contributed by atoms with Crippen LogP contribution in [0.25, 0.3) is 0 Å². The highest BCUT2D eigenvalue weighted by Crippen LogP contribution is 2.28. The normalized spacial score (nSPS) is 9.11. The lowest BCUT2D eigenvalue weighted by Gasteiger charge is -1.95. The van der Waals surface area contributed by atoms with Crippen molar-refractivity contribution < 1.29 is 9.47 Å². The fourth-order valence-corrected chi connectivity index (χ4v) is 0.964. The van der Waals surface area contributed by atoms with Gasteiger partial charge in [0.1, 0.15) is 0 Å². The summed E-state index contributed by atoms with van der Waals surface area (Å²) in [6, 6.07) is 0. The minimum Gasteiger partial charge on any atom is -0.483 e. The average molecular weight is 144 g/mol. The van der Waals surface area contributed by atoms with E-state index in [4.69, 9.17) is 9.47 Å². The van der Waals surface area contributed by atoms with Crippen LogP contribution < -0.4 is 9.47 Å². The molecule has 4 heteroatoms. The van der Waals surface area contributed by atoms with Crippen LogP contribution in [0.4, 0.5) is 0 Å². The summed E-state index contributed by atoms with van der Waals surface area (Å²) in [6.45, 7) is 0. The van der Waals surface area contributed by atoms with Crippen molar-refractivity contribution in [3.8, 4) is 10.9 Å². The molecule has 3 nitrogen and oxygen atoms in total. The van der Waals surface area contributed by atoms with Crippen molar-refractivity contribution in [1.29, 1.82) is 0 Å². The Bertz CT molecular complexity index is 168. The predicted molar refractivity (Wildman–Crippen MR) is 34.1 cm³/mol. The summed E-state index contributed by atoms with van der Waals surface area (Å²) in [5, 5.41) is 0.664. The molecule has 0 aromatic carbocycles. The maximum Gasteiger partial charge on any atom is 0.269 e. The fraction of sp³-hybridized carbons (Fsp3) is 0.400. The van der Waals surface area contributed by atoms with Crippen LogP contribution in [0.2, 0.25) is 0 Å². The van der Waals surface area contributed by atoms with Crippen LogP contribution in [0.15, 0.2) is 0 Å². The van der Waals surface area contributed by atoms with Gasteiger partial charge in [-0.15, -0.1) is 0 Å². The maximum absolute atomic E-state index is 4.88. The smallest absolute Gasteiger partial charge is 0.269 e. The third-order valence-corrected chi connectivity index (χ3v) is 1.55. The van der Waals surface area contributed by atoms with Gasteiger partial charge in [0.05, 0.1) is 14.2 Å². The zero-order valence-corrected chi connectivity index (χ0v) is 5.99. The van der Waals surface area contributed by atoms with Crippen molar-refractivity contribution in [2.45, 2.75) is 0 Å². The molecular formula is C5H6NO2S. The second kappa shape index (κ2) is 2.68. The Morgan fingerprint density at radius 3 is 2.67 bits per heavy atom. The molecule has 49 valence electrons. The molecule has 1 heterocycles. The zero-order chi connectivity index (χ0) is 6.69. The van der Waals surface area contributed by atoms with Gasteiger partial charge in [-0.3, -0.25) is 0 Å². The molecule has 0 unspecified atom stereocenters. The molecule has 9 heavy (non-hydrogen) atoms. The number of rotatable bonds is 2. The van der Waals surface area contributed by atoms with Gasteiger partial charge in [0, 0.05) is 0 Å². The molecule has 0 saturated heterocycles. The van der Waals surface area contributed by atoms with Gasteiger partial charge in [-0.25, -0.2) is 0 Å². The largest absolute Gasteiger partial charge is 0.483 e. The van der Waals surface area contributed by atoms with E-state index < -0.39 is 0 Å². The molecule has 1 aromatic rings. The van der Waals surface area contributed by atoms with E-state index in [1.807, 2.05) is 0 Å². The van der Waals surface area contributed by atoms with Crippen LogP contribution >= 0.6 is 11.3 Å². The van der Waals surface area contributed by atoms with Crippen LogP contribution in [0, 0.1) is 5.51 Å². The second-order valence-corrected chi connectivity index (χ2v) is 2.06. The predicted octanol–water partition coefficient (Wildman–Crippen LogP) is 0.960. The third kappa shape index (κ3) is 1.13. The molecule has 0 spiro atoms. The Morgan fingerprint density at radius 1 is 1.44 bits per heavy atom. The first-order valence-corrected chi connectivity index (χ1v) is 3.15. The molecule has 1 aromatic heterocycles. The molecule has 1 rings (SSSR count). The van der Waals surface area contributed by atoms with Gasteiger partial charge in [0.15, 0.2) is 5.51 Å². The van der Waals surface area contributed by atoms with Gasteiger partial charge in [0.2, 0.25) is 5.06 Å². The summed E-state index contributed by atoms with van der Waals surface area (Å²) in [6.07, 6.45) is 0. The Balaban J connectivity index is 2.85. The summed E-state index contributed by atoms with van der Waals surface area (Å²) in [5.74, 6) is 0.502. The molecule has 0 bridgehead atoms. The first-order chi connectivity index (χ1) is 4.38. The van der Waals surface area contributed by atoms with Crippen LogP contribution in [0.3, 0.4) is 0 Å². The monoisotopic (exact) mass is 144 g/mol. The average Bonchev–Trinajstić information content (AvgIpc) is 2.33. The van der Waals surface area contributed by atoms with Crippen LogP contribution in [-0.2, 0) is 0 Å². The fourth-order valence-electron chi connectivity index (χ4n) is 0.453. The molecular weight excluding hydrogens is 138 g/mol. The summed E-state index contributed by atoms with van der Waals surface area (Å²) >= 11 is 1.29. The van der Waals surface area contributed by atoms with Gasteiger partial charge < -0.3 is 9.47 Å². The van der Waals surface area contributed by atoms with E-state index in [0.717, 1.165) is 0 Å². The zero-order valence-electron chi connectivity index (χ0n) is 5.17. The molecule has 0 aliphatic rings. The summed E-state index contributed by atoms with van der Waals surface area (Å²) in [5.41, 5.74) is 2.64. The Labute approximate surface area is 57.2 Å². The molecule has 0 saturated carbocycles. The minimum atomic E-state index is 0.502. The van der Waals surface area contributed by atoms with Crippen molar-refractivity contribution in [1.82, 2.24) is 4.98 Å². The molecule has 0 atom stereocenters. The standard InChI is InChI=1S/C5H6NO2S/c1-7-4-5(8-2)9-3-6-4/h1-2H3. The first-order valence-electron chi connectivity index (χ1n) is 2.33. The van der Waals surface area contributed by atoms with Crippen molar-refractivity contribution >= 4 is 11.3 Å². The van der Waals surface area contributed by atoms with Crippen molar-refractivity contribution in [2.24, 2.45) is 0 Å². The van der Waals surface area contributed by atoms with Gasteiger partial charge >= 0.3 is 0 Å².